The summed E-state index contributed by atoms with van der Waals surface area (Å²) in [6, 6.07) is 1.69. The van der Waals surface area contributed by atoms with Crippen molar-refractivity contribution < 1.29 is 9.13 Å². The van der Waals surface area contributed by atoms with Gasteiger partial charge in [0, 0.05) is 18.3 Å². The Bertz CT molecular complexity index is 369. The summed E-state index contributed by atoms with van der Waals surface area (Å²) in [6.07, 6.45) is 4.64. The van der Waals surface area contributed by atoms with Gasteiger partial charge in [-0.25, -0.2) is 9.37 Å². The average Bonchev–Trinajstić information content (AvgIpc) is 2.38. The Morgan fingerprint density at radius 2 is 2.21 bits per heavy atom. The zero-order chi connectivity index (χ0) is 14.1. The van der Waals surface area contributed by atoms with Gasteiger partial charge in [-0.3, -0.25) is 0 Å². The molecule has 19 heavy (non-hydrogen) atoms. The van der Waals surface area contributed by atoms with Crippen LogP contribution in [-0.2, 0) is 6.54 Å². The van der Waals surface area contributed by atoms with Crippen LogP contribution in [0.1, 0.15) is 45.6 Å². The lowest BCUT2D eigenvalue weighted by atomic mass is 10.1. The van der Waals surface area contributed by atoms with Crippen molar-refractivity contribution >= 4 is 0 Å². The van der Waals surface area contributed by atoms with Crippen molar-refractivity contribution in [3.63, 3.8) is 0 Å². The first-order chi connectivity index (χ1) is 9.15. The molecule has 108 valence electrons. The second-order valence-corrected chi connectivity index (χ2v) is 5.15. The number of rotatable bonds is 9. The molecule has 1 rings (SSSR count). The SMILES string of the molecule is CCCNCc1ccnc(OCCCC(C)C)c1F. The van der Waals surface area contributed by atoms with Gasteiger partial charge >= 0.3 is 0 Å². The van der Waals surface area contributed by atoms with E-state index >= 15 is 0 Å². The first-order valence-corrected chi connectivity index (χ1v) is 7.12. The number of hydrogen-bond acceptors (Lipinski definition) is 3. The number of aromatic nitrogens is 1. The molecule has 0 aliphatic rings. The molecule has 0 fully saturated rings. The highest BCUT2D eigenvalue weighted by molar-refractivity contribution is 5.23. The van der Waals surface area contributed by atoms with Crippen LogP contribution in [0.4, 0.5) is 4.39 Å². The third-order valence-electron chi connectivity index (χ3n) is 2.84. The van der Waals surface area contributed by atoms with Crippen molar-refractivity contribution in [1.29, 1.82) is 0 Å². The summed E-state index contributed by atoms with van der Waals surface area (Å²) in [5.41, 5.74) is 0.613. The van der Waals surface area contributed by atoms with Gasteiger partial charge in [0.15, 0.2) is 5.82 Å². The van der Waals surface area contributed by atoms with Crippen LogP contribution >= 0.6 is 0 Å². The lowest BCUT2D eigenvalue weighted by Gasteiger charge is -2.10. The fourth-order valence-electron chi connectivity index (χ4n) is 1.76. The topological polar surface area (TPSA) is 34.2 Å². The summed E-state index contributed by atoms with van der Waals surface area (Å²) in [5.74, 6) is 0.432. The molecule has 1 aromatic heterocycles. The molecule has 0 spiro atoms. The van der Waals surface area contributed by atoms with Gasteiger partial charge in [0.1, 0.15) is 0 Å². The van der Waals surface area contributed by atoms with E-state index in [0.717, 1.165) is 25.8 Å². The first-order valence-electron chi connectivity index (χ1n) is 7.12. The molecule has 0 atom stereocenters. The van der Waals surface area contributed by atoms with Crippen molar-refractivity contribution in [3.05, 3.63) is 23.6 Å². The predicted molar refractivity (Wildman–Crippen MR) is 75.8 cm³/mol. The van der Waals surface area contributed by atoms with E-state index in [4.69, 9.17) is 4.74 Å². The second kappa shape index (κ2) is 8.86. The first kappa shape index (κ1) is 15.9. The highest BCUT2D eigenvalue weighted by Crippen LogP contribution is 2.17. The van der Waals surface area contributed by atoms with Crippen LogP contribution in [0.15, 0.2) is 12.3 Å². The maximum Gasteiger partial charge on any atom is 0.250 e. The summed E-state index contributed by atoms with van der Waals surface area (Å²) in [6.45, 7) is 8.34. The Labute approximate surface area is 115 Å². The summed E-state index contributed by atoms with van der Waals surface area (Å²) in [4.78, 5) is 3.96. The van der Waals surface area contributed by atoms with Crippen LogP contribution < -0.4 is 10.1 Å². The van der Waals surface area contributed by atoms with Crippen LogP contribution in [0.5, 0.6) is 5.88 Å². The Morgan fingerprint density at radius 3 is 2.89 bits per heavy atom. The molecule has 4 heteroatoms. The van der Waals surface area contributed by atoms with E-state index in [-0.39, 0.29) is 11.7 Å². The maximum atomic E-state index is 14.1. The van der Waals surface area contributed by atoms with E-state index in [2.05, 4.69) is 31.1 Å². The van der Waals surface area contributed by atoms with E-state index in [1.54, 1.807) is 12.3 Å². The third-order valence-corrected chi connectivity index (χ3v) is 2.84. The van der Waals surface area contributed by atoms with E-state index in [0.29, 0.717) is 24.6 Å². The molecule has 0 saturated carbocycles. The van der Waals surface area contributed by atoms with Crippen LogP contribution in [0.2, 0.25) is 0 Å². The molecule has 0 saturated heterocycles. The lowest BCUT2D eigenvalue weighted by molar-refractivity contribution is 0.271. The number of halogens is 1. The normalized spacial score (nSPS) is 11.0. The maximum absolute atomic E-state index is 14.1. The van der Waals surface area contributed by atoms with E-state index in [1.165, 1.54) is 0 Å². The van der Waals surface area contributed by atoms with Gasteiger partial charge in [0.05, 0.1) is 6.61 Å². The molecular formula is C15H25FN2O. The van der Waals surface area contributed by atoms with Gasteiger partial charge in [-0.2, -0.15) is 0 Å². The van der Waals surface area contributed by atoms with Crippen LogP contribution in [-0.4, -0.2) is 18.1 Å². The van der Waals surface area contributed by atoms with Gasteiger partial charge in [0.2, 0.25) is 0 Å². The average molecular weight is 268 g/mol. The molecule has 0 aromatic carbocycles. The molecule has 1 aromatic rings. The van der Waals surface area contributed by atoms with E-state index in [1.807, 2.05) is 0 Å². The Kier molecular flexibility index (Phi) is 7.41. The van der Waals surface area contributed by atoms with E-state index in [9.17, 15) is 4.39 Å². The molecule has 0 aliphatic heterocycles. The van der Waals surface area contributed by atoms with Gasteiger partial charge in [-0.1, -0.05) is 20.8 Å². The van der Waals surface area contributed by atoms with Gasteiger partial charge in [-0.15, -0.1) is 0 Å². The fourth-order valence-corrected chi connectivity index (χ4v) is 1.76. The highest BCUT2D eigenvalue weighted by Gasteiger charge is 2.10. The molecule has 0 amide bonds. The summed E-state index contributed by atoms with van der Waals surface area (Å²) in [5, 5.41) is 3.18. The van der Waals surface area contributed by atoms with Gasteiger partial charge < -0.3 is 10.1 Å². The van der Waals surface area contributed by atoms with Crippen LogP contribution in [0, 0.1) is 11.7 Å². The summed E-state index contributed by atoms with van der Waals surface area (Å²) < 4.78 is 19.5. The molecule has 1 N–H and O–H groups in total. The van der Waals surface area contributed by atoms with Crippen molar-refractivity contribution in [1.82, 2.24) is 10.3 Å². The Hall–Kier alpha value is -1.16. The zero-order valence-corrected chi connectivity index (χ0v) is 12.2. The minimum Gasteiger partial charge on any atom is -0.476 e. The quantitative estimate of drug-likeness (QED) is 0.696. The number of ether oxygens (including phenoxy) is 1. The predicted octanol–water partition coefficient (Wildman–Crippen LogP) is 3.54. The smallest absolute Gasteiger partial charge is 0.250 e. The monoisotopic (exact) mass is 268 g/mol. The molecular weight excluding hydrogens is 243 g/mol. The van der Waals surface area contributed by atoms with Crippen molar-refractivity contribution in [3.8, 4) is 5.88 Å². The number of nitrogens with zero attached hydrogens (tertiary/aromatic N) is 1. The molecule has 3 nitrogen and oxygen atoms in total. The standard InChI is InChI=1S/C15H25FN2O/c1-4-8-17-11-13-7-9-18-15(14(13)16)19-10-5-6-12(2)3/h7,9,12,17H,4-6,8,10-11H2,1-3H3. The van der Waals surface area contributed by atoms with Crippen LogP contribution in [0.3, 0.4) is 0 Å². The fraction of sp³-hybridized carbons (Fsp3) is 0.667. The molecule has 0 aliphatic carbocycles. The summed E-state index contributed by atoms with van der Waals surface area (Å²) >= 11 is 0. The number of hydrogen-bond donors (Lipinski definition) is 1. The Morgan fingerprint density at radius 1 is 1.42 bits per heavy atom. The highest BCUT2D eigenvalue weighted by atomic mass is 19.1. The van der Waals surface area contributed by atoms with Gasteiger partial charge in [-0.05, 0) is 37.8 Å². The molecule has 0 bridgehead atoms. The molecule has 0 radical (unpaired) electrons. The molecule has 1 heterocycles. The van der Waals surface area contributed by atoms with Crippen molar-refractivity contribution in [2.75, 3.05) is 13.2 Å². The largest absolute Gasteiger partial charge is 0.476 e. The number of nitrogens with one attached hydrogen (secondary N) is 1. The van der Waals surface area contributed by atoms with Gasteiger partial charge in [0.25, 0.3) is 5.88 Å². The van der Waals surface area contributed by atoms with Crippen molar-refractivity contribution in [2.45, 2.75) is 46.6 Å². The number of pyridine rings is 1. The molecule has 0 unspecified atom stereocenters. The zero-order valence-electron chi connectivity index (χ0n) is 12.2. The Balaban J connectivity index is 2.47. The van der Waals surface area contributed by atoms with Crippen molar-refractivity contribution in [2.24, 2.45) is 5.92 Å². The van der Waals surface area contributed by atoms with Crippen LogP contribution in [0.25, 0.3) is 0 Å². The summed E-state index contributed by atoms with van der Waals surface area (Å²) in [7, 11) is 0. The third kappa shape index (κ3) is 6.01. The second-order valence-electron chi connectivity index (χ2n) is 5.15. The minimum atomic E-state index is -0.337. The lowest BCUT2D eigenvalue weighted by Crippen LogP contribution is -2.15. The van der Waals surface area contributed by atoms with E-state index < -0.39 is 0 Å². The minimum absolute atomic E-state index is 0.125.